The second-order valence-corrected chi connectivity index (χ2v) is 12.3. The van der Waals surface area contributed by atoms with Gasteiger partial charge < -0.3 is 25.2 Å². The molecule has 4 heterocycles. The van der Waals surface area contributed by atoms with Crippen LogP contribution in [0, 0.1) is 5.82 Å². The van der Waals surface area contributed by atoms with Crippen molar-refractivity contribution in [2.24, 2.45) is 0 Å². The number of halogens is 4. The summed E-state index contributed by atoms with van der Waals surface area (Å²) < 4.78 is 57.1. The van der Waals surface area contributed by atoms with E-state index in [4.69, 9.17) is 0 Å². The number of nitrogens with zero attached hydrogens (tertiary/aromatic N) is 5. The van der Waals surface area contributed by atoms with Crippen LogP contribution in [0.2, 0.25) is 0 Å². The van der Waals surface area contributed by atoms with Gasteiger partial charge in [0.05, 0.1) is 28.2 Å². The Morgan fingerprint density at radius 2 is 1.77 bits per heavy atom. The van der Waals surface area contributed by atoms with Gasteiger partial charge in [-0.2, -0.15) is 13.2 Å². The van der Waals surface area contributed by atoms with Crippen molar-refractivity contribution in [2.45, 2.75) is 38.3 Å². The summed E-state index contributed by atoms with van der Waals surface area (Å²) in [5, 5.41) is 15.4. The topological polar surface area (TPSA) is 108 Å². The van der Waals surface area contributed by atoms with Crippen LogP contribution in [0.1, 0.15) is 41.7 Å². The van der Waals surface area contributed by atoms with E-state index in [-0.39, 0.29) is 28.3 Å². The maximum atomic E-state index is 15.8. The predicted octanol–water partition coefficient (Wildman–Crippen LogP) is 3.68. The Labute approximate surface area is 255 Å². The molecule has 0 radical (unpaired) electrons. The number of aliphatic hydroxyl groups excluding tert-OH is 1. The predicted molar refractivity (Wildman–Crippen MR) is 160 cm³/mol. The second kappa shape index (κ2) is 12.6. The molecule has 2 saturated heterocycles. The zero-order chi connectivity index (χ0) is 31.9. The van der Waals surface area contributed by atoms with Gasteiger partial charge >= 0.3 is 6.18 Å². The molecular weight excluding hydrogens is 602 g/mol. The quantitative estimate of drug-likeness (QED) is 0.352. The van der Waals surface area contributed by atoms with Crippen molar-refractivity contribution in [1.82, 2.24) is 24.7 Å². The third-order valence-electron chi connectivity index (χ3n) is 8.41. The molecule has 1 aromatic carbocycles. The van der Waals surface area contributed by atoms with Crippen LogP contribution in [-0.4, -0.2) is 101 Å². The van der Waals surface area contributed by atoms with Crippen molar-refractivity contribution in [1.29, 1.82) is 0 Å². The van der Waals surface area contributed by atoms with Gasteiger partial charge in [-0.15, -0.1) is 11.3 Å². The Bertz CT molecular complexity index is 1560. The Balaban J connectivity index is 1.53. The van der Waals surface area contributed by atoms with Crippen LogP contribution in [-0.2, 0) is 6.18 Å². The third-order valence-corrected chi connectivity index (χ3v) is 9.30. The summed E-state index contributed by atoms with van der Waals surface area (Å²) in [5.74, 6) is -1.75. The number of amides is 1. The molecule has 15 heteroatoms. The first-order chi connectivity index (χ1) is 20.7. The van der Waals surface area contributed by atoms with Crippen molar-refractivity contribution in [3.05, 3.63) is 62.8 Å². The van der Waals surface area contributed by atoms with Crippen molar-refractivity contribution in [3.8, 4) is 10.6 Å². The van der Waals surface area contributed by atoms with Crippen LogP contribution in [0.5, 0.6) is 0 Å². The average molecular weight is 638 g/mol. The van der Waals surface area contributed by atoms with E-state index in [1.54, 1.807) is 5.38 Å². The monoisotopic (exact) mass is 637 g/mol. The Hall–Kier alpha value is -3.37. The van der Waals surface area contributed by atoms with E-state index < -0.39 is 40.8 Å². The summed E-state index contributed by atoms with van der Waals surface area (Å²) in [4.78, 5) is 39.7. The van der Waals surface area contributed by atoms with Crippen LogP contribution < -0.4 is 15.8 Å². The zero-order valence-corrected chi connectivity index (χ0v) is 25.6. The molecule has 5 rings (SSSR count). The number of aromatic amines is 1. The molecule has 0 bridgehead atoms. The maximum absolute atomic E-state index is 15.8. The smallest absolute Gasteiger partial charge is 0.372 e. The highest BCUT2D eigenvalue weighted by Gasteiger charge is 2.36. The first kappa shape index (κ1) is 32.0. The van der Waals surface area contributed by atoms with Crippen molar-refractivity contribution in [2.75, 3.05) is 63.6 Å². The Morgan fingerprint density at radius 3 is 2.41 bits per heavy atom. The highest BCUT2D eigenvalue weighted by atomic mass is 32.1. The minimum absolute atomic E-state index is 0.0265. The van der Waals surface area contributed by atoms with E-state index in [9.17, 15) is 27.9 Å². The average Bonchev–Trinajstić information content (AvgIpc) is 3.46. The number of benzene rings is 1. The second-order valence-electron chi connectivity index (χ2n) is 11.5. The normalized spacial score (nSPS) is 21.4. The molecule has 2 aromatic heterocycles. The number of rotatable bonds is 6. The van der Waals surface area contributed by atoms with Gasteiger partial charge in [0.15, 0.2) is 6.23 Å². The summed E-state index contributed by atoms with van der Waals surface area (Å²) >= 11 is 1.11. The Kier molecular flexibility index (Phi) is 9.14. The molecule has 2 aliphatic rings. The molecule has 1 amide bonds. The molecule has 2 fully saturated rings. The summed E-state index contributed by atoms with van der Waals surface area (Å²) in [6.45, 7) is 7.80. The number of carbonyl (C=O) groups is 1. The fraction of sp³-hybridized carbons (Fsp3) is 0.483. The number of piperazine rings is 2. The van der Waals surface area contributed by atoms with Gasteiger partial charge in [-0.3, -0.25) is 19.4 Å². The van der Waals surface area contributed by atoms with Crippen LogP contribution >= 0.6 is 11.3 Å². The lowest BCUT2D eigenvalue weighted by Crippen LogP contribution is -2.55. The number of alkyl halides is 3. The summed E-state index contributed by atoms with van der Waals surface area (Å²) in [7, 11) is 3.97. The van der Waals surface area contributed by atoms with Crippen molar-refractivity contribution < 1.29 is 27.5 Å². The third kappa shape index (κ3) is 6.66. The number of thiazole rings is 1. The molecule has 1 unspecified atom stereocenters. The molecule has 3 N–H and O–H groups in total. The van der Waals surface area contributed by atoms with Gasteiger partial charge in [0, 0.05) is 80.6 Å². The number of aromatic nitrogens is 2. The highest BCUT2D eigenvalue weighted by Crippen LogP contribution is 2.38. The number of hydrogen-bond donors (Lipinski definition) is 3. The molecule has 3 aromatic rings. The number of hydrogen-bond acceptors (Lipinski definition) is 9. The minimum Gasteiger partial charge on any atom is -0.372 e. The lowest BCUT2D eigenvalue weighted by atomic mass is 10.1. The number of anilines is 2. The molecule has 0 aliphatic carbocycles. The summed E-state index contributed by atoms with van der Waals surface area (Å²) in [6.07, 6.45) is -5.22. The number of nitrogens with one attached hydrogen (secondary N) is 2. The maximum Gasteiger partial charge on any atom is 0.417 e. The summed E-state index contributed by atoms with van der Waals surface area (Å²) in [6, 6.07) is 3.08. The van der Waals surface area contributed by atoms with Crippen LogP contribution in [0.15, 0.2) is 34.6 Å². The molecule has 0 spiro atoms. The number of H-pyrrole nitrogens is 1. The van der Waals surface area contributed by atoms with Gasteiger partial charge in [-0.25, -0.2) is 9.37 Å². The number of carbonyl (C=O) groups excluding carboxylic acids is 1. The number of aliphatic hydroxyl groups is 1. The van der Waals surface area contributed by atoms with Gasteiger partial charge in [-0.05, 0) is 34.0 Å². The standard InChI is InChI=1S/C29H35F4N7O3S/c1-16-13-40(14-17(2)38(16)4)24-11-21(30)18(27-36-23(15-44-27)28(43)39-7-5-37(3)6-8-39)9-22(24)35-26(42)19-12-34-25(41)10-20(19)29(31,32)33/h9-12,15-17,28,43H,5-8,13-14H2,1-4H3,(H,34,41)(H,35,42)/t16-,17+,28?. The van der Waals surface area contributed by atoms with Gasteiger partial charge in [0.25, 0.3) is 5.91 Å². The lowest BCUT2D eigenvalue weighted by molar-refractivity contribution is -0.138. The molecule has 3 atom stereocenters. The van der Waals surface area contributed by atoms with Crippen LogP contribution in [0.25, 0.3) is 10.6 Å². The van der Waals surface area contributed by atoms with Crippen molar-refractivity contribution >= 4 is 28.6 Å². The van der Waals surface area contributed by atoms with E-state index in [2.05, 4.69) is 25.1 Å². The summed E-state index contributed by atoms with van der Waals surface area (Å²) in [5.41, 5.74) is -2.39. The highest BCUT2D eigenvalue weighted by molar-refractivity contribution is 7.13. The fourth-order valence-corrected chi connectivity index (χ4v) is 6.40. The first-order valence-electron chi connectivity index (χ1n) is 14.2. The minimum atomic E-state index is -4.96. The Morgan fingerprint density at radius 1 is 1.11 bits per heavy atom. The molecule has 2 aliphatic heterocycles. The lowest BCUT2D eigenvalue weighted by Gasteiger charge is -2.44. The first-order valence-corrected chi connectivity index (χ1v) is 15.1. The fourth-order valence-electron chi connectivity index (χ4n) is 5.56. The van der Waals surface area contributed by atoms with E-state index in [0.717, 1.165) is 30.6 Å². The van der Waals surface area contributed by atoms with Crippen LogP contribution in [0.4, 0.5) is 28.9 Å². The van der Waals surface area contributed by atoms with Gasteiger partial charge in [0.1, 0.15) is 10.8 Å². The molecule has 10 nitrogen and oxygen atoms in total. The largest absolute Gasteiger partial charge is 0.417 e. The SMILES string of the molecule is C[C@@H]1CN(c2cc(F)c(-c3nc(C(O)N4CCN(C)CC4)cs3)cc2NC(=O)c2c[nH]c(=O)cc2C(F)(F)F)C[C@H](C)N1C. The number of pyridine rings is 1. The molecule has 44 heavy (non-hydrogen) atoms. The van der Waals surface area contributed by atoms with Crippen LogP contribution in [0.3, 0.4) is 0 Å². The van der Waals surface area contributed by atoms with Gasteiger partial charge in [0.2, 0.25) is 5.56 Å². The van der Waals surface area contributed by atoms with Gasteiger partial charge in [-0.1, -0.05) is 0 Å². The molecule has 0 saturated carbocycles. The molecule has 238 valence electrons. The van der Waals surface area contributed by atoms with E-state index >= 15 is 4.39 Å². The zero-order valence-electron chi connectivity index (χ0n) is 24.8. The van der Waals surface area contributed by atoms with Crippen molar-refractivity contribution in [3.63, 3.8) is 0 Å². The van der Waals surface area contributed by atoms with E-state index in [1.165, 1.54) is 12.1 Å². The van der Waals surface area contributed by atoms with E-state index in [1.807, 2.05) is 37.7 Å². The van der Waals surface area contributed by atoms with E-state index in [0.29, 0.717) is 43.6 Å². The molecular formula is C29H35F4N7O3S. The number of likely N-dealkylation sites (N-methyl/N-ethyl adjacent to an activating group) is 2.